The van der Waals surface area contributed by atoms with Crippen LogP contribution in [0.4, 0.5) is 18.0 Å². The zero-order valence-corrected chi connectivity index (χ0v) is 16.6. The van der Waals surface area contributed by atoms with Crippen LogP contribution in [0.25, 0.3) is 0 Å². The van der Waals surface area contributed by atoms with Crippen LogP contribution in [0.3, 0.4) is 0 Å². The van der Waals surface area contributed by atoms with Gasteiger partial charge in [-0.25, -0.2) is 4.79 Å². The van der Waals surface area contributed by atoms with Crippen molar-refractivity contribution in [3.05, 3.63) is 29.8 Å². The normalized spacial score (nSPS) is 21.2. The molecule has 2 atom stereocenters. The maximum Gasteiger partial charge on any atom is 0.573 e. The smallest absolute Gasteiger partial charge is 0.406 e. The number of rotatable bonds is 6. The molecule has 9 heteroatoms. The van der Waals surface area contributed by atoms with E-state index in [4.69, 9.17) is 4.74 Å². The summed E-state index contributed by atoms with van der Waals surface area (Å²) in [5.74, 6) is -0.295. The maximum atomic E-state index is 12.2. The summed E-state index contributed by atoms with van der Waals surface area (Å²) in [7, 11) is 0. The lowest BCUT2D eigenvalue weighted by atomic mass is 10.00. The van der Waals surface area contributed by atoms with E-state index in [0.29, 0.717) is 12.1 Å². The van der Waals surface area contributed by atoms with Crippen LogP contribution in [0.15, 0.2) is 24.3 Å². The summed E-state index contributed by atoms with van der Waals surface area (Å²) >= 11 is 0. The fraction of sp³-hybridized carbons (Fsp3) is 0.632. The number of urea groups is 1. The summed E-state index contributed by atoms with van der Waals surface area (Å²) in [5.41, 5.74) is 0.431. The van der Waals surface area contributed by atoms with Crippen molar-refractivity contribution in [3.8, 4) is 5.75 Å². The van der Waals surface area contributed by atoms with E-state index in [1.54, 1.807) is 0 Å². The molecular weight excluding hydrogens is 375 g/mol. The van der Waals surface area contributed by atoms with Crippen molar-refractivity contribution in [3.63, 3.8) is 0 Å². The number of ether oxygens (including phenoxy) is 2. The van der Waals surface area contributed by atoms with Gasteiger partial charge in [0.25, 0.3) is 0 Å². The van der Waals surface area contributed by atoms with Crippen molar-refractivity contribution in [2.24, 2.45) is 0 Å². The number of carbonyl (C=O) groups is 1. The molecule has 0 aliphatic carbocycles. The highest BCUT2D eigenvalue weighted by Gasteiger charge is 2.33. The number of carbonyl (C=O) groups excluding carboxylic acids is 1. The van der Waals surface area contributed by atoms with E-state index in [0.717, 1.165) is 13.1 Å². The third-order valence-corrected chi connectivity index (χ3v) is 4.57. The van der Waals surface area contributed by atoms with E-state index in [2.05, 4.69) is 34.1 Å². The fourth-order valence-corrected chi connectivity index (χ4v) is 3.13. The molecule has 28 heavy (non-hydrogen) atoms. The number of halogens is 3. The molecule has 1 aliphatic heterocycles. The third kappa shape index (κ3) is 7.20. The van der Waals surface area contributed by atoms with Gasteiger partial charge >= 0.3 is 12.4 Å². The second-order valence-electron chi connectivity index (χ2n) is 7.70. The van der Waals surface area contributed by atoms with Gasteiger partial charge in [0, 0.05) is 31.7 Å². The number of hydrogen-bond acceptors (Lipinski definition) is 4. The lowest BCUT2D eigenvalue weighted by molar-refractivity contribution is -0.274. The third-order valence-electron chi connectivity index (χ3n) is 4.57. The summed E-state index contributed by atoms with van der Waals surface area (Å²) in [6, 6.07) is 5.04. The molecule has 2 N–H and O–H groups in total. The molecule has 0 spiro atoms. The molecule has 0 radical (unpaired) electrons. The fourth-order valence-electron chi connectivity index (χ4n) is 3.13. The second-order valence-corrected chi connectivity index (χ2v) is 7.70. The Morgan fingerprint density at radius 3 is 2.25 bits per heavy atom. The van der Waals surface area contributed by atoms with Crippen LogP contribution in [0.1, 0.15) is 33.3 Å². The Bertz CT molecular complexity index is 640. The molecule has 2 amide bonds. The number of morpholine rings is 1. The van der Waals surface area contributed by atoms with E-state index in [1.165, 1.54) is 24.3 Å². The van der Waals surface area contributed by atoms with Crippen molar-refractivity contribution < 1.29 is 27.4 Å². The highest BCUT2D eigenvalue weighted by Crippen LogP contribution is 2.23. The van der Waals surface area contributed by atoms with Gasteiger partial charge in [-0.15, -0.1) is 13.2 Å². The average Bonchev–Trinajstić information content (AvgIpc) is 2.57. The van der Waals surface area contributed by atoms with Crippen LogP contribution in [-0.4, -0.2) is 54.7 Å². The van der Waals surface area contributed by atoms with Crippen LogP contribution < -0.4 is 15.4 Å². The largest absolute Gasteiger partial charge is 0.573 e. The van der Waals surface area contributed by atoms with Crippen LogP contribution >= 0.6 is 0 Å². The minimum atomic E-state index is -4.72. The van der Waals surface area contributed by atoms with Gasteiger partial charge in [-0.2, -0.15) is 0 Å². The Morgan fingerprint density at radius 1 is 1.14 bits per heavy atom. The van der Waals surface area contributed by atoms with Crippen molar-refractivity contribution in [1.29, 1.82) is 0 Å². The first kappa shape index (κ1) is 22.3. The van der Waals surface area contributed by atoms with Crippen molar-refractivity contribution in [2.75, 3.05) is 19.6 Å². The van der Waals surface area contributed by atoms with Crippen LogP contribution in [-0.2, 0) is 11.3 Å². The zero-order chi connectivity index (χ0) is 20.9. The molecule has 1 heterocycles. The van der Waals surface area contributed by atoms with Gasteiger partial charge in [0.2, 0.25) is 0 Å². The number of amides is 2. The Balaban J connectivity index is 1.77. The van der Waals surface area contributed by atoms with E-state index in [-0.39, 0.29) is 36.1 Å². The lowest BCUT2D eigenvalue weighted by Crippen LogP contribution is -2.59. The first-order chi connectivity index (χ1) is 12.9. The maximum absolute atomic E-state index is 12.2. The van der Waals surface area contributed by atoms with Gasteiger partial charge in [-0.05, 0) is 45.4 Å². The molecule has 0 bridgehead atoms. The van der Waals surface area contributed by atoms with Crippen LogP contribution in [0.5, 0.6) is 5.75 Å². The lowest BCUT2D eigenvalue weighted by Gasteiger charge is -2.45. The van der Waals surface area contributed by atoms with E-state index in [9.17, 15) is 18.0 Å². The predicted octanol–water partition coefficient (Wildman–Crippen LogP) is 3.27. The van der Waals surface area contributed by atoms with Crippen LogP contribution in [0.2, 0.25) is 0 Å². The molecule has 0 unspecified atom stereocenters. The van der Waals surface area contributed by atoms with Crippen molar-refractivity contribution >= 4 is 6.03 Å². The molecular formula is C19H28F3N3O3. The number of hydrogen-bond donors (Lipinski definition) is 2. The van der Waals surface area contributed by atoms with E-state index in [1.807, 2.05) is 13.8 Å². The SMILES string of the molecule is C[C@H]1CN(C(C)(C)CNC(=O)NCc2ccc(OC(F)(F)F)cc2)C[C@H](C)O1. The first-order valence-electron chi connectivity index (χ1n) is 9.21. The molecule has 6 nitrogen and oxygen atoms in total. The van der Waals surface area contributed by atoms with Gasteiger partial charge in [-0.1, -0.05) is 12.1 Å². The summed E-state index contributed by atoms with van der Waals surface area (Å²) < 4.78 is 46.0. The Kier molecular flexibility index (Phi) is 7.16. The highest BCUT2D eigenvalue weighted by atomic mass is 19.4. The molecule has 0 saturated carbocycles. The Labute approximate surface area is 163 Å². The highest BCUT2D eigenvalue weighted by molar-refractivity contribution is 5.73. The predicted molar refractivity (Wildman–Crippen MR) is 99.0 cm³/mol. The van der Waals surface area contributed by atoms with Gasteiger partial charge in [-0.3, -0.25) is 4.90 Å². The molecule has 158 valence electrons. The summed E-state index contributed by atoms with van der Waals surface area (Å²) in [4.78, 5) is 14.4. The molecule has 0 aromatic heterocycles. The minimum Gasteiger partial charge on any atom is -0.406 e. The molecule has 1 saturated heterocycles. The summed E-state index contributed by atoms with van der Waals surface area (Å²) in [6.45, 7) is 10.4. The van der Waals surface area contributed by atoms with Crippen LogP contribution in [0, 0.1) is 0 Å². The van der Waals surface area contributed by atoms with Crippen molar-refractivity contribution in [1.82, 2.24) is 15.5 Å². The molecule has 1 aromatic rings. The van der Waals surface area contributed by atoms with E-state index >= 15 is 0 Å². The molecule has 1 aliphatic rings. The standard InChI is InChI=1S/C19H28F3N3O3/c1-13-10-25(11-14(2)27-13)18(3,4)12-24-17(26)23-9-15-5-7-16(8-6-15)28-19(20,21)22/h5-8,13-14H,9-12H2,1-4H3,(H2,23,24,26)/t13-,14-/m0/s1. The quantitative estimate of drug-likeness (QED) is 0.765. The molecule has 1 aromatic carbocycles. The van der Waals surface area contributed by atoms with Gasteiger partial charge in [0.1, 0.15) is 5.75 Å². The first-order valence-corrected chi connectivity index (χ1v) is 9.21. The zero-order valence-electron chi connectivity index (χ0n) is 16.6. The van der Waals surface area contributed by atoms with Gasteiger partial charge in [0.05, 0.1) is 12.2 Å². The molecule has 1 fully saturated rings. The summed E-state index contributed by atoms with van der Waals surface area (Å²) in [5, 5.41) is 5.56. The Morgan fingerprint density at radius 2 is 1.71 bits per heavy atom. The van der Waals surface area contributed by atoms with Gasteiger partial charge in [0.15, 0.2) is 0 Å². The molecule has 2 rings (SSSR count). The second kappa shape index (κ2) is 9.00. The Hall–Kier alpha value is -2.00. The number of benzene rings is 1. The van der Waals surface area contributed by atoms with E-state index < -0.39 is 6.36 Å². The summed E-state index contributed by atoms with van der Waals surface area (Å²) in [6.07, 6.45) is -4.44. The average molecular weight is 403 g/mol. The number of alkyl halides is 3. The topological polar surface area (TPSA) is 62.8 Å². The monoisotopic (exact) mass is 403 g/mol. The minimum absolute atomic E-state index is 0.140. The number of nitrogens with zero attached hydrogens (tertiary/aromatic N) is 1. The van der Waals surface area contributed by atoms with Crippen molar-refractivity contribution in [2.45, 2.75) is 58.3 Å². The number of nitrogens with one attached hydrogen (secondary N) is 2. The van der Waals surface area contributed by atoms with Gasteiger partial charge < -0.3 is 20.1 Å².